The Morgan fingerprint density at radius 1 is 1.18 bits per heavy atom. The Bertz CT molecular complexity index is 981. The Labute approximate surface area is 177 Å². The molecule has 5 nitrogen and oxygen atoms in total. The summed E-state index contributed by atoms with van der Waals surface area (Å²) in [5.74, 6) is -0.0234. The molecule has 0 aliphatic carbocycles. The van der Waals surface area contributed by atoms with Crippen LogP contribution in [-0.2, 0) is 0 Å². The Morgan fingerprint density at radius 2 is 1.96 bits per heavy atom. The van der Waals surface area contributed by atoms with E-state index in [2.05, 4.69) is 56.2 Å². The molecule has 1 N–H and O–H groups in total. The number of halogens is 1. The summed E-state index contributed by atoms with van der Waals surface area (Å²) in [6, 6.07) is 13.8. The molecule has 0 unspecified atom stereocenters. The molecule has 2 heterocycles. The Morgan fingerprint density at radius 3 is 2.71 bits per heavy atom. The molecule has 1 aliphatic heterocycles. The van der Waals surface area contributed by atoms with Crippen molar-refractivity contribution in [1.82, 2.24) is 15.2 Å². The fourth-order valence-corrected chi connectivity index (χ4v) is 4.93. The molecular weight excluding hydrogens is 436 g/mol. The van der Waals surface area contributed by atoms with Gasteiger partial charge in [-0.15, -0.1) is 0 Å². The smallest absolute Gasteiger partial charge is 0.251 e. The van der Waals surface area contributed by atoms with Crippen LogP contribution in [-0.4, -0.2) is 55.1 Å². The van der Waals surface area contributed by atoms with Gasteiger partial charge in [-0.1, -0.05) is 45.5 Å². The van der Waals surface area contributed by atoms with E-state index in [1.807, 2.05) is 24.3 Å². The maximum atomic E-state index is 12.2. The molecule has 28 heavy (non-hydrogen) atoms. The first-order chi connectivity index (χ1) is 13.6. The van der Waals surface area contributed by atoms with Crippen LogP contribution in [0, 0.1) is 6.92 Å². The molecule has 1 aliphatic rings. The summed E-state index contributed by atoms with van der Waals surface area (Å²) in [7, 11) is 0. The van der Waals surface area contributed by atoms with E-state index >= 15 is 0 Å². The highest BCUT2D eigenvalue weighted by Crippen LogP contribution is 2.30. The average Bonchev–Trinajstić information content (AvgIpc) is 3.14. The number of fused-ring (bicyclic) bond motifs is 1. The monoisotopic (exact) mass is 458 g/mol. The van der Waals surface area contributed by atoms with E-state index in [0.29, 0.717) is 12.1 Å². The molecule has 0 saturated carbocycles. The van der Waals surface area contributed by atoms with Crippen LogP contribution in [0.5, 0.6) is 0 Å². The number of benzene rings is 2. The van der Waals surface area contributed by atoms with Crippen LogP contribution in [0.2, 0.25) is 0 Å². The first-order valence-corrected chi connectivity index (χ1v) is 11.1. The Kier molecular flexibility index (Phi) is 5.94. The van der Waals surface area contributed by atoms with E-state index in [9.17, 15) is 4.79 Å². The Balaban J connectivity index is 1.26. The van der Waals surface area contributed by atoms with Crippen molar-refractivity contribution in [3.63, 3.8) is 0 Å². The minimum atomic E-state index is -0.0234. The maximum absolute atomic E-state index is 12.2. The molecule has 2 aromatic carbocycles. The number of carbonyl (C=O) groups is 1. The van der Waals surface area contributed by atoms with Crippen LogP contribution in [0.4, 0.5) is 5.13 Å². The van der Waals surface area contributed by atoms with Crippen LogP contribution in [0.3, 0.4) is 0 Å². The van der Waals surface area contributed by atoms with Crippen molar-refractivity contribution >= 4 is 48.5 Å². The Hall–Kier alpha value is -1.96. The number of carbonyl (C=O) groups excluding carboxylic acids is 1. The van der Waals surface area contributed by atoms with Gasteiger partial charge in [0.1, 0.15) is 0 Å². The predicted octanol–water partition coefficient (Wildman–Crippen LogP) is 3.92. The van der Waals surface area contributed by atoms with Crippen molar-refractivity contribution < 1.29 is 4.79 Å². The summed E-state index contributed by atoms with van der Waals surface area (Å²) in [6.07, 6.45) is 0. The van der Waals surface area contributed by atoms with E-state index in [1.54, 1.807) is 11.3 Å². The summed E-state index contributed by atoms with van der Waals surface area (Å²) in [6.45, 7) is 7.56. The molecule has 0 radical (unpaired) electrons. The number of anilines is 1. The third-order valence-electron chi connectivity index (χ3n) is 5.05. The van der Waals surface area contributed by atoms with Gasteiger partial charge in [-0.2, -0.15) is 0 Å². The standard InChI is InChI=1S/C21H23BrN4OS/c1-15-4-2-7-18-19(15)24-21(28-18)26-12-10-25(11-13-26)9-8-23-20(27)16-5-3-6-17(22)14-16/h2-7,14H,8-13H2,1H3,(H,23,27). The molecule has 146 valence electrons. The highest BCUT2D eigenvalue weighted by atomic mass is 79.9. The van der Waals surface area contributed by atoms with Gasteiger partial charge >= 0.3 is 0 Å². The molecule has 0 spiro atoms. The van der Waals surface area contributed by atoms with E-state index in [0.717, 1.165) is 47.8 Å². The number of thiazole rings is 1. The van der Waals surface area contributed by atoms with Gasteiger partial charge in [0.2, 0.25) is 0 Å². The number of piperazine rings is 1. The quantitative estimate of drug-likeness (QED) is 0.629. The van der Waals surface area contributed by atoms with Crippen LogP contribution in [0.25, 0.3) is 10.2 Å². The number of amides is 1. The maximum Gasteiger partial charge on any atom is 0.251 e. The zero-order valence-corrected chi connectivity index (χ0v) is 18.2. The van der Waals surface area contributed by atoms with Gasteiger partial charge in [0.15, 0.2) is 5.13 Å². The van der Waals surface area contributed by atoms with Gasteiger partial charge in [0, 0.05) is 49.3 Å². The first-order valence-electron chi connectivity index (χ1n) is 9.47. The summed E-state index contributed by atoms with van der Waals surface area (Å²) in [5, 5.41) is 4.13. The lowest BCUT2D eigenvalue weighted by Crippen LogP contribution is -2.48. The zero-order chi connectivity index (χ0) is 19.5. The summed E-state index contributed by atoms with van der Waals surface area (Å²) in [5.41, 5.74) is 3.05. The van der Waals surface area contributed by atoms with Crippen molar-refractivity contribution in [1.29, 1.82) is 0 Å². The highest BCUT2D eigenvalue weighted by Gasteiger charge is 2.20. The van der Waals surface area contributed by atoms with E-state index in [1.165, 1.54) is 10.3 Å². The summed E-state index contributed by atoms with van der Waals surface area (Å²) in [4.78, 5) is 21.8. The lowest BCUT2D eigenvalue weighted by atomic mass is 10.2. The first kappa shape index (κ1) is 19.4. The molecule has 1 aromatic heterocycles. The van der Waals surface area contributed by atoms with Crippen molar-refractivity contribution in [2.24, 2.45) is 0 Å². The van der Waals surface area contributed by atoms with Gasteiger partial charge in [-0.25, -0.2) is 4.98 Å². The molecule has 3 aromatic rings. The molecule has 0 atom stereocenters. The number of rotatable bonds is 5. The lowest BCUT2D eigenvalue weighted by Gasteiger charge is -2.34. The minimum absolute atomic E-state index is 0.0234. The zero-order valence-electron chi connectivity index (χ0n) is 15.8. The lowest BCUT2D eigenvalue weighted by molar-refractivity contribution is 0.0947. The van der Waals surface area contributed by atoms with E-state index in [-0.39, 0.29) is 5.91 Å². The second-order valence-electron chi connectivity index (χ2n) is 7.01. The summed E-state index contributed by atoms with van der Waals surface area (Å²) < 4.78 is 2.18. The molecule has 1 fully saturated rings. The van der Waals surface area contributed by atoms with Crippen LogP contribution < -0.4 is 10.2 Å². The minimum Gasteiger partial charge on any atom is -0.351 e. The number of aromatic nitrogens is 1. The number of aryl methyl sites for hydroxylation is 1. The predicted molar refractivity (Wildman–Crippen MR) is 119 cm³/mol. The van der Waals surface area contributed by atoms with E-state index < -0.39 is 0 Å². The number of hydrogen-bond donors (Lipinski definition) is 1. The molecule has 1 amide bonds. The largest absolute Gasteiger partial charge is 0.351 e. The van der Waals surface area contributed by atoms with Gasteiger partial charge in [0.05, 0.1) is 10.2 Å². The molecule has 1 saturated heterocycles. The van der Waals surface area contributed by atoms with Crippen LogP contribution >= 0.6 is 27.3 Å². The molecule has 0 bridgehead atoms. The number of para-hydroxylation sites is 1. The third kappa shape index (κ3) is 4.37. The van der Waals surface area contributed by atoms with Gasteiger partial charge in [-0.3, -0.25) is 9.69 Å². The van der Waals surface area contributed by atoms with Crippen molar-refractivity contribution in [2.75, 3.05) is 44.2 Å². The van der Waals surface area contributed by atoms with Gasteiger partial charge in [-0.05, 0) is 36.8 Å². The molecular formula is C21H23BrN4OS. The molecule has 7 heteroatoms. The topological polar surface area (TPSA) is 48.5 Å². The number of hydrogen-bond acceptors (Lipinski definition) is 5. The molecule has 4 rings (SSSR count). The van der Waals surface area contributed by atoms with Crippen molar-refractivity contribution in [2.45, 2.75) is 6.92 Å². The van der Waals surface area contributed by atoms with Crippen LogP contribution in [0.1, 0.15) is 15.9 Å². The second-order valence-corrected chi connectivity index (χ2v) is 8.94. The van der Waals surface area contributed by atoms with E-state index in [4.69, 9.17) is 4.98 Å². The van der Waals surface area contributed by atoms with Gasteiger partial charge < -0.3 is 10.2 Å². The van der Waals surface area contributed by atoms with Gasteiger partial charge in [0.25, 0.3) is 5.91 Å². The van der Waals surface area contributed by atoms with Crippen LogP contribution in [0.15, 0.2) is 46.9 Å². The number of nitrogens with one attached hydrogen (secondary N) is 1. The fourth-order valence-electron chi connectivity index (χ4n) is 3.43. The number of nitrogens with zero attached hydrogens (tertiary/aromatic N) is 3. The third-order valence-corrected chi connectivity index (χ3v) is 6.63. The summed E-state index contributed by atoms with van der Waals surface area (Å²) >= 11 is 5.18. The highest BCUT2D eigenvalue weighted by molar-refractivity contribution is 9.10. The second kappa shape index (κ2) is 8.59. The average molecular weight is 459 g/mol. The SMILES string of the molecule is Cc1cccc2sc(N3CCN(CCNC(=O)c4cccc(Br)c4)CC3)nc12. The normalized spacial score (nSPS) is 15.1. The van der Waals surface area contributed by atoms with Crippen molar-refractivity contribution in [3.8, 4) is 0 Å². The van der Waals surface area contributed by atoms with Crippen molar-refractivity contribution in [3.05, 3.63) is 58.1 Å². The fraction of sp³-hybridized carbons (Fsp3) is 0.333.